The van der Waals surface area contributed by atoms with Crippen molar-refractivity contribution >= 4 is 34.7 Å². The predicted molar refractivity (Wildman–Crippen MR) is 117 cm³/mol. The van der Waals surface area contributed by atoms with E-state index in [1.54, 1.807) is 4.90 Å². The highest BCUT2D eigenvalue weighted by molar-refractivity contribution is 6.31. The molecule has 1 amide bonds. The zero-order valence-corrected chi connectivity index (χ0v) is 18.0. The second-order valence-electron chi connectivity index (χ2n) is 8.16. The lowest BCUT2D eigenvalue weighted by Gasteiger charge is -2.41. The van der Waals surface area contributed by atoms with Crippen molar-refractivity contribution in [2.24, 2.45) is 0 Å². The monoisotopic (exact) mass is 447 g/mol. The van der Waals surface area contributed by atoms with Gasteiger partial charge in [0, 0.05) is 49.9 Å². The zero-order chi connectivity index (χ0) is 22.1. The van der Waals surface area contributed by atoms with Gasteiger partial charge in [-0.25, -0.2) is 8.78 Å². The molecule has 31 heavy (non-hydrogen) atoms. The number of benzene rings is 2. The van der Waals surface area contributed by atoms with E-state index in [-0.39, 0.29) is 24.3 Å². The lowest BCUT2D eigenvalue weighted by atomic mass is 9.90. The van der Waals surface area contributed by atoms with Gasteiger partial charge in [0.05, 0.1) is 6.54 Å². The number of ketones is 1. The first kappa shape index (κ1) is 21.6. The van der Waals surface area contributed by atoms with Gasteiger partial charge in [-0.05, 0) is 48.7 Å². The van der Waals surface area contributed by atoms with Gasteiger partial charge < -0.3 is 15.1 Å². The lowest BCUT2D eigenvalue weighted by Crippen LogP contribution is -2.55. The number of nitrogens with one attached hydrogen (secondary N) is 1. The van der Waals surface area contributed by atoms with Gasteiger partial charge in [-0.1, -0.05) is 17.7 Å². The van der Waals surface area contributed by atoms with E-state index < -0.39 is 16.7 Å². The maximum absolute atomic E-state index is 13.8. The topological polar surface area (TPSA) is 52.6 Å². The molecule has 0 aromatic heterocycles. The molecule has 0 saturated carbocycles. The summed E-state index contributed by atoms with van der Waals surface area (Å²) in [6.07, 6.45) is 1.79. The molecule has 1 atom stereocenters. The van der Waals surface area contributed by atoms with Gasteiger partial charge in [-0.2, -0.15) is 0 Å². The van der Waals surface area contributed by atoms with Crippen molar-refractivity contribution in [1.82, 2.24) is 4.90 Å². The van der Waals surface area contributed by atoms with Crippen LogP contribution in [0.5, 0.6) is 0 Å². The Balaban J connectivity index is 1.35. The highest BCUT2D eigenvalue weighted by Gasteiger charge is 2.28. The van der Waals surface area contributed by atoms with Gasteiger partial charge in [-0.15, -0.1) is 0 Å². The SMILES string of the molecule is C[C@@H]1CN(c2cc(F)c(Cl)c(F)c2)CCN1C(=O)CNc1ccc2c(c1)CCC(=O)C2. The quantitative estimate of drug-likeness (QED) is 0.724. The molecule has 5 nitrogen and oxygen atoms in total. The fraction of sp³-hybridized carbons (Fsp3) is 0.391. The highest BCUT2D eigenvalue weighted by Crippen LogP contribution is 2.27. The van der Waals surface area contributed by atoms with Gasteiger partial charge >= 0.3 is 0 Å². The minimum absolute atomic E-state index is 0.0338. The van der Waals surface area contributed by atoms with Crippen molar-refractivity contribution in [1.29, 1.82) is 0 Å². The Morgan fingerprint density at radius 2 is 1.87 bits per heavy atom. The summed E-state index contributed by atoms with van der Waals surface area (Å²) >= 11 is 5.57. The maximum atomic E-state index is 13.8. The van der Waals surface area contributed by atoms with Crippen LogP contribution >= 0.6 is 11.6 Å². The number of anilines is 2. The number of carbonyl (C=O) groups excluding carboxylic acids is 2. The largest absolute Gasteiger partial charge is 0.376 e. The Hall–Kier alpha value is -2.67. The van der Waals surface area contributed by atoms with E-state index in [2.05, 4.69) is 5.32 Å². The van der Waals surface area contributed by atoms with E-state index in [1.807, 2.05) is 30.0 Å². The summed E-state index contributed by atoms with van der Waals surface area (Å²) in [6.45, 7) is 3.48. The minimum atomic E-state index is -0.790. The second-order valence-corrected chi connectivity index (χ2v) is 8.54. The number of hydrogen-bond acceptors (Lipinski definition) is 4. The van der Waals surface area contributed by atoms with Crippen molar-refractivity contribution in [3.63, 3.8) is 0 Å². The summed E-state index contributed by atoms with van der Waals surface area (Å²) < 4.78 is 27.6. The molecule has 1 aliphatic carbocycles. The third kappa shape index (κ3) is 4.66. The minimum Gasteiger partial charge on any atom is -0.376 e. The van der Waals surface area contributed by atoms with Gasteiger partial charge in [0.15, 0.2) is 0 Å². The van der Waals surface area contributed by atoms with Crippen LogP contribution in [-0.4, -0.2) is 48.8 Å². The van der Waals surface area contributed by atoms with E-state index in [0.717, 1.165) is 23.2 Å². The van der Waals surface area contributed by atoms with E-state index in [4.69, 9.17) is 11.6 Å². The summed E-state index contributed by atoms with van der Waals surface area (Å²) in [5.41, 5.74) is 3.50. The van der Waals surface area contributed by atoms with E-state index in [9.17, 15) is 18.4 Å². The Kier molecular flexibility index (Phi) is 6.14. The summed E-state index contributed by atoms with van der Waals surface area (Å²) in [5, 5.41) is 2.68. The van der Waals surface area contributed by atoms with Gasteiger partial charge in [0.25, 0.3) is 0 Å². The number of nitrogens with zero attached hydrogens (tertiary/aromatic N) is 2. The number of halogens is 3. The molecule has 1 fully saturated rings. The first-order valence-electron chi connectivity index (χ1n) is 10.4. The molecule has 0 spiro atoms. The standard InChI is InChI=1S/C23H24ClF2N3O2/c1-14-13-28(18-10-20(25)23(24)21(26)11-18)6-7-29(14)22(31)12-27-17-4-2-16-9-19(30)5-3-15(16)8-17/h2,4,8,10-11,14,27H,3,5-7,9,12-13H2,1H3/t14-/m1/s1. The number of Topliss-reactive ketones (excluding diaryl/α,β-unsaturated/α-hetero) is 1. The van der Waals surface area contributed by atoms with Crippen LogP contribution in [0.2, 0.25) is 5.02 Å². The zero-order valence-electron chi connectivity index (χ0n) is 17.3. The lowest BCUT2D eigenvalue weighted by molar-refractivity contribution is -0.131. The molecule has 0 unspecified atom stereocenters. The molecule has 164 valence electrons. The van der Waals surface area contributed by atoms with Crippen LogP contribution in [0.1, 0.15) is 24.5 Å². The maximum Gasteiger partial charge on any atom is 0.242 e. The van der Waals surface area contributed by atoms with Crippen LogP contribution in [0, 0.1) is 11.6 Å². The normalized spacial score (nSPS) is 18.7. The number of hydrogen-bond donors (Lipinski definition) is 1. The predicted octanol–water partition coefficient (Wildman–Crippen LogP) is 3.83. The number of rotatable bonds is 4. The Morgan fingerprint density at radius 3 is 2.58 bits per heavy atom. The van der Waals surface area contributed by atoms with E-state index in [0.29, 0.717) is 38.2 Å². The van der Waals surface area contributed by atoms with Crippen molar-refractivity contribution in [2.45, 2.75) is 32.2 Å². The van der Waals surface area contributed by atoms with Crippen LogP contribution in [0.25, 0.3) is 0 Å². The Bertz CT molecular complexity index is 1010. The summed E-state index contributed by atoms with van der Waals surface area (Å²) in [7, 11) is 0. The molecule has 1 heterocycles. The Labute approximate surface area is 185 Å². The van der Waals surface area contributed by atoms with Crippen molar-refractivity contribution in [3.8, 4) is 0 Å². The van der Waals surface area contributed by atoms with Gasteiger partial charge in [-0.3, -0.25) is 9.59 Å². The molecular formula is C23H24ClF2N3O2. The smallest absolute Gasteiger partial charge is 0.242 e. The average molecular weight is 448 g/mol. The third-order valence-electron chi connectivity index (χ3n) is 5.99. The molecule has 1 N–H and O–H groups in total. The van der Waals surface area contributed by atoms with Crippen LogP contribution < -0.4 is 10.2 Å². The fourth-order valence-electron chi connectivity index (χ4n) is 4.28. The first-order chi connectivity index (χ1) is 14.8. The van der Waals surface area contributed by atoms with E-state index in [1.165, 1.54) is 12.1 Å². The number of piperazine rings is 1. The van der Waals surface area contributed by atoms with Crippen LogP contribution in [-0.2, 0) is 22.4 Å². The van der Waals surface area contributed by atoms with Crippen LogP contribution in [0.3, 0.4) is 0 Å². The number of fused-ring (bicyclic) bond motifs is 1. The summed E-state index contributed by atoms with van der Waals surface area (Å²) in [5.74, 6) is -1.35. The second kappa shape index (κ2) is 8.83. The van der Waals surface area contributed by atoms with Crippen LogP contribution in [0.15, 0.2) is 30.3 Å². The van der Waals surface area contributed by atoms with Gasteiger partial charge in [0.1, 0.15) is 22.4 Å². The highest BCUT2D eigenvalue weighted by atomic mass is 35.5. The first-order valence-corrected chi connectivity index (χ1v) is 10.8. The molecular weight excluding hydrogens is 424 g/mol. The Morgan fingerprint density at radius 1 is 1.13 bits per heavy atom. The molecule has 2 aliphatic rings. The molecule has 2 aromatic carbocycles. The van der Waals surface area contributed by atoms with Crippen molar-refractivity contribution in [3.05, 3.63) is 58.1 Å². The van der Waals surface area contributed by atoms with Gasteiger partial charge in [0.2, 0.25) is 5.91 Å². The molecule has 0 radical (unpaired) electrons. The molecule has 1 aliphatic heterocycles. The summed E-state index contributed by atoms with van der Waals surface area (Å²) in [6, 6.07) is 8.20. The molecule has 2 aromatic rings. The van der Waals surface area contributed by atoms with E-state index >= 15 is 0 Å². The molecule has 1 saturated heterocycles. The van der Waals surface area contributed by atoms with Crippen molar-refractivity contribution < 1.29 is 18.4 Å². The summed E-state index contributed by atoms with van der Waals surface area (Å²) in [4.78, 5) is 28.0. The number of carbonyl (C=O) groups is 2. The molecule has 0 bridgehead atoms. The third-order valence-corrected chi connectivity index (χ3v) is 6.35. The number of amides is 1. The number of aryl methyl sites for hydroxylation is 1. The fourth-order valence-corrected chi connectivity index (χ4v) is 4.39. The van der Waals surface area contributed by atoms with Crippen molar-refractivity contribution in [2.75, 3.05) is 36.4 Å². The van der Waals surface area contributed by atoms with Crippen LogP contribution in [0.4, 0.5) is 20.2 Å². The average Bonchev–Trinajstić information content (AvgIpc) is 2.75. The molecule has 8 heteroatoms. The molecule has 4 rings (SSSR count).